The van der Waals surface area contributed by atoms with Crippen molar-refractivity contribution in [3.05, 3.63) is 82.9 Å². The van der Waals surface area contributed by atoms with Gasteiger partial charge < -0.3 is 24.6 Å². The zero-order chi connectivity index (χ0) is 25.7. The molecule has 1 N–H and O–H groups in total. The maximum Gasteiger partial charge on any atom is 0.262 e. The van der Waals surface area contributed by atoms with Crippen molar-refractivity contribution in [1.29, 1.82) is 0 Å². The van der Waals surface area contributed by atoms with E-state index in [2.05, 4.69) is 15.1 Å². The lowest BCUT2D eigenvalue weighted by atomic mass is 10.1. The third-order valence-electron chi connectivity index (χ3n) is 5.73. The number of amides is 1. The van der Waals surface area contributed by atoms with Gasteiger partial charge in [-0.3, -0.25) is 4.79 Å². The molecule has 1 amide bonds. The standard InChI is InChI=1S/C26H24ClF2N3O3S/c1-34-24-14-17(26(36)32-12-10-31(11-13-32)20-6-3-18(28)4-7-20)2-9-23(24)35-16-25(33)30-19-5-8-22(29)21(27)15-19/h2-9,14-15H,10-13,16H2,1H3,(H,30,33). The molecule has 0 atom stereocenters. The van der Waals surface area contributed by atoms with Crippen molar-refractivity contribution < 1.29 is 23.0 Å². The van der Waals surface area contributed by atoms with E-state index < -0.39 is 11.7 Å². The van der Waals surface area contributed by atoms with Crippen molar-refractivity contribution in [3.8, 4) is 11.5 Å². The maximum absolute atomic E-state index is 13.3. The summed E-state index contributed by atoms with van der Waals surface area (Å²) in [7, 11) is 1.51. The zero-order valence-corrected chi connectivity index (χ0v) is 21.0. The Kier molecular flexibility index (Phi) is 8.22. The number of carbonyl (C=O) groups excluding carboxylic acids is 1. The predicted octanol–water partition coefficient (Wildman–Crippen LogP) is 5.14. The van der Waals surface area contributed by atoms with E-state index in [9.17, 15) is 13.6 Å². The highest BCUT2D eigenvalue weighted by Gasteiger charge is 2.21. The summed E-state index contributed by atoms with van der Waals surface area (Å²) in [6.45, 7) is 2.70. The third-order valence-corrected chi connectivity index (χ3v) is 6.51. The smallest absolute Gasteiger partial charge is 0.262 e. The first kappa shape index (κ1) is 25.7. The average molecular weight is 532 g/mol. The number of rotatable bonds is 7. The van der Waals surface area contributed by atoms with Gasteiger partial charge in [-0.2, -0.15) is 0 Å². The molecule has 0 unspecified atom stereocenters. The number of methoxy groups -OCH3 is 1. The fourth-order valence-corrected chi connectivity index (χ4v) is 4.33. The molecule has 3 aromatic carbocycles. The van der Waals surface area contributed by atoms with Gasteiger partial charge in [0.15, 0.2) is 18.1 Å². The first-order chi connectivity index (χ1) is 17.3. The molecule has 0 aliphatic carbocycles. The van der Waals surface area contributed by atoms with Gasteiger partial charge in [0.25, 0.3) is 5.91 Å². The summed E-state index contributed by atoms with van der Waals surface area (Å²) in [5.41, 5.74) is 2.15. The van der Waals surface area contributed by atoms with E-state index in [0.29, 0.717) is 22.2 Å². The normalized spacial score (nSPS) is 13.3. The lowest BCUT2D eigenvalue weighted by Gasteiger charge is -2.37. The van der Waals surface area contributed by atoms with E-state index in [1.807, 2.05) is 6.07 Å². The van der Waals surface area contributed by atoms with Crippen molar-refractivity contribution in [2.24, 2.45) is 0 Å². The van der Waals surface area contributed by atoms with Gasteiger partial charge in [-0.1, -0.05) is 23.8 Å². The minimum absolute atomic E-state index is 0.0844. The van der Waals surface area contributed by atoms with Crippen molar-refractivity contribution >= 4 is 46.1 Å². The number of benzene rings is 3. The first-order valence-electron chi connectivity index (χ1n) is 11.2. The van der Waals surface area contributed by atoms with Crippen molar-refractivity contribution in [2.45, 2.75) is 0 Å². The fourth-order valence-electron chi connectivity index (χ4n) is 3.84. The quantitative estimate of drug-likeness (QED) is 0.426. The zero-order valence-electron chi connectivity index (χ0n) is 19.5. The van der Waals surface area contributed by atoms with Crippen LogP contribution in [0.1, 0.15) is 5.56 Å². The van der Waals surface area contributed by atoms with Gasteiger partial charge in [0, 0.05) is 43.1 Å². The number of ether oxygens (including phenoxy) is 2. The van der Waals surface area contributed by atoms with Crippen molar-refractivity contribution in [2.75, 3.05) is 50.1 Å². The van der Waals surface area contributed by atoms with Crippen LogP contribution in [0.3, 0.4) is 0 Å². The highest BCUT2D eigenvalue weighted by molar-refractivity contribution is 7.80. The molecule has 0 saturated carbocycles. The van der Waals surface area contributed by atoms with Crippen LogP contribution in [-0.2, 0) is 4.79 Å². The van der Waals surface area contributed by atoms with Gasteiger partial charge in [-0.05, 0) is 60.7 Å². The molecule has 0 radical (unpaired) electrons. The topological polar surface area (TPSA) is 54.0 Å². The summed E-state index contributed by atoms with van der Waals surface area (Å²) in [5.74, 6) is -0.421. The number of carbonyl (C=O) groups is 1. The SMILES string of the molecule is COc1cc(C(=S)N2CCN(c3ccc(F)cc3)CC2)ccc1OCC(=O)Nc1ccc(F)c(Cl)c1. The van der Waals surface area contributed by atoms with Gasteiger partial charge in [0.05, 0.1) is 12.1 Å². The Morgan fingerprint density at radius 2 is 1.72 bits per heavy atom. The summed E-state index contributed by atoms with van der Waals surface area (Å²) in [4.78, 5) is 17.2. The molecule has 0 aromatic heterocycles. The summed E-state index contributed by atoms with van der Waals surface area (Å²) in [5, 5.41) is 2.52. The van der Waals surface area contributed by atoms with Crippen LogP contribution < -0.4 is 19.7 Å². The lowest BCUT2D eigenvalue weighted by Crippen LogP contribution is -2.48. The first-order valence-corrected chi connectivity index (χ1v) is 12.0. The second-order valence-corrected chi connectivity index (χ2v) is 8.88. The Balaban J connectivity index is 1.33. The summed E-state index contributed by atoms with van der Waals surface area (Å²) in [6, 6.07) is 15.7. The molecule has 36 heavy (non-hydrogen) atoms. The Labute approximate surface area is 218 Å². The molecule has 0 spiro atoms. The second-order valence-electron chi connectivity index (χ2n) is 8.09. The van der Waals surface area contributed by atoms with Crippen molar-refractivity contribution in [3.63, 3.8) is 0 Å². The summed E-state index contributed by atoms with van der Waals surface area (Å²) in [6.07, 6.45) is 0. The van der Waals surface area contributed by atoms with Gasteiger partial charge in [0.1, 0.15) is 16.6 Å². The number of hydrogen-bond donors (Lipinski definition) is 1. The molecular formula is C26H24ClF2N3O3S. The van der Waals surface area contributed by atoms with Gasteiger partial charge in [-0.15, -0.1) is 0 Å². The fraction of sp³-hybridized carbons (Fsp3) is 0.231. The molecule has 0 bridgehead atoms. The Morgan fingerprint density at radius 1 is 1.00 bits per heavy atom. The van der Waals surface area contributed by atoms with Crippen LogP contribution in [0.2, 0.25) is 5.02 Å². The Morgan fingerprint density at radius 3 is 2.39 bits per heavy atom. The number of thiocarbonyl (C=S) groups is 1. The van der Waals surface area contributed by atoms with E-state index in [4.69, 9.17) is 33.3 Å². The van der Waals surface area contributed by atoms with Gasteiger partial charge in [0.2, 0.25) is 0 Å². The molecule has 1 heterocycles. The monoisotopic (exact) mass is 531 g/mol. The Bertz CT molecular complexity index is 1250. The predicted molar refractivity (Wildman–Crippen MR) is 140 cm³/mol. The number of hydrogen-bond acceptors (Lipinski definition) is 5. The minimum atomic E-state index is -0.566. The van der Waals surface area contributed by atoms with E-state index in [1.54, 1.807) is 24.3 Å². The number of nitrogens with zero attached hydrogens (tertiary/aromatic N) is 2. The molecular weight excluding hydrogens is 508 g/mol. The molecule has 6 nitrogen and oxygen atoms in total. The number of nitrogens with one attached hydrogen (secondary N) is 1. The maximum atomic E-state index is 13.3. The highest BCUT2D eigenvalue weighted by atomic mass is 35.5. The van der Waals surface area contributed by atoms with Crippen LogP contribution >= 0.6 is 23.8 Å². The van der Waals surface area contributed by atoms with E-state index in [0.717, 1.165) is 37.4 Å². The lowest BCUT2D eigenvalue weighted by molar-refractivity contribution is -0.118. The minimum Gasteiger partial charge on any atom is -0.493 e. The van der Waals surface area contributed by atoms with Crippen LogP contribution in [-0.4, -0.2) is 55.7 Å². The van der Waals surface area contributed by atoms with Crippen LogP contribution in [0.5, 0.6) is 11.5 Å². The van der Waals surface area contributed by atoms with E-state index >= 15 is 0 Å². The molecule has 1 aliphatic rings. The number of piperazine rings is 1. The number of halogens is 3. The third kappa shape index (κ3) is 6.22. The largest absolute Gasteiger partial charge is 0.493 e. The van der Waals surface area contributed by atoms with Crippen LogP contribution in [0.25, 0.3) is 0 Å². The molecule has 1 fully saturated rings. The molecule has 10 heteroatoms. The summed E-state index contributed by atoms with van der Waals surface area (Å²) >= 11 is 11.5. The molecule has 3 aromatic rings. The molecule has 188 valence electrons. The molecule has 1 saturated heterocycles. The van der Waals surface area contributed by atoms with Gasteiger partial charge >= 0.3 is 0 Å². The molecule has 1 aliphatic heterocycles. The van der Waals surface area contributed by atoms with E-state index in [-0.39, 0.29) is 17.4 Å². The summed E-state index contributed by atoms with van der Waals surface area (Å²) < 4.78 is 37.6. The van der Waals surface area contributed by atoms with Crippen molar-refractivity contribution in [1.82, 2.24) is 4.90 Å². The second kappa shape index (κ2) is 11.5. The van der Waals surface area contributed by atoms with Crippen LogP contribution in [0.4, 0.5) is 20.2 Å². The Hall–Kier alpha value is -3.43. The van der Waals surface area contributed by atoms with Crippen LogP contribution in [0.15, 0.2) is 60.7 Å². The number of anilines is 2. The highest BCUT2D eigenvalue weighted by Crippen LogP contribution is 2.29. The molecule has 4 rings (SSSR count). The average Bonchev–Trinajstić information content (AvgIpc) is 2.89. The van der Waals surface area contributed by atoms with E-state index in [1.165, 1.54) is 37.4 Å². The van der Waals surface area contributed by atoms with Gasteiger partial charge in [-0.25, -0.2) is 8.78 Å². The van der Waals surface area contributed by atoms with Crippen LogP contribution in [0, 0.1) is 11.6 Å².